The lowest BCUT2D eigenvalue weighted by Gasteiger charge is -2.10. The monoisotopic (exact) mass is 376 g/mol. The second kappa shape index (κ2) is 7.91. The van der Waals surface area contributed by atoms with Gasteiger partial charge < -0.3 is 5.32 Å². The molecule has 118 valence electrons. The molecule has 0 unspecified atom stereocenters. The number of carbonyl (C=O) groups excluding carboxylic acids is 1. The van der Waals surface area contributed by atoms with Crippen molar-refractivity contribution in [1.82, 2.24) is 10.0 Å². The minimum absolute atomic E-state index is 0.0816. The lowest BCUT2D eigenvalue weighted by atomic mass is 10.2. The number of hydrogen-bond donors (Lipinski definition) is 2. The molecule has 1 rings (SSSR count). The first-order valence-electron chi connectivity index (χ1n) is 6.75. The Labute approximate surface area is 134 Å². The molecule has 1 amide bonds. The van der Waals surface area contributed by atoms with Crippen molar-refractivity contribution in [2.45, 2.75) is 32.1 Å². The minimum atomic E-state index is -3.60. The molecule has 0 bridgehead atoms. The number of amides is 1. The molecule has 0 aromatic heterocycles. The van der Waals surface area contributed by atoms with Crippen molar-refractivity contribution in [3.63, 3.8) is 0 Å². The predicted octanol–water partition coefficient (Wildman–Crippen LogP) is 2.20. The Balaban J connectivity index is 2.58. The fourth-order valence-electron chi connectivity index (χ4n) is 1.65. The van der Waals surface area contributed by atoms with E-state index in [1.165, 1.54) is 0 Å². The van der Waals surface area contributed by atoms with Crippen molar-refractivity contribution in [3.8, 4) is 0 Å². The summed E-state index contributed by atoms with van der Waals surface area (Å²) in [5.41, 5.74) is 0.662. The predicted molar refractivity (Wildman–Crippen MR) is 86.5 cm³/mol. The topological polar surface area (TPSA) is 75.3 Å². The average Bonchev–Trinajstić information content (AvgIpc) is 2.39. The molecular formula is C14H21BrN2O3S. The van der Waals surface area contributed by atoms with Gasteiger partial charge in [-0.3, -0.25) is 4.79 Å². The number of halogens is 1. The Morgan fingerprint density at radius 1 is 1.33 bits per heavy atom. The third kappa shape index (κ3) is 6.15. The zero-order valence-electron chi connectivity index (χ0n) is 12.4. The molecule has 0 atom stereocenters. The molecule has 1 aromatic rings. The van der Waals surface area contributed by atoms with Gasteiger partial charge >= 0.3 is 0 Å². The molecule has 7 heteroatoms. The maximum Gasteiger partial charge on any atom is 0.240 e. The summed E-state index contributed by atoms with van der Waals surface area (Å²) in [7, 11) is -3.60. The molecule has 0 radical (unpaired) electrons. The zero-order chi connectivity index (χ0) is 16.0. The van der Waals surface area contributed by atoms with Gasteiger partial charge in [0.2, 0.25) is 15.9 Å². The van der Waals surface area contributed by atoms with Crippen molar-refractivity contribution in [2.24, 2.45) is 5.92 Å². The summed E-state index contributed by atoms with van der Waals surface area (Å²) in [6, 6.07) is 5.07. The average molecular weight is 377 g/mol. The van der Waals surface area contributed by atoms with Gasteiger partial charge in [-0.1, -0.05) is 35.8 Å². The van der Waals surface area contributed by atoms with Crippen LogP contribution >= 0.6 is 15.9 Å². The summed E-state index contributed by atoms with van der Waals surface area (Å²) in [6.45, 7) is 6.41. The lowest BCUT2D eigenvalue weighted by molar-refractivity contribution is -0.121. The van der Waals surface area contributed by atoms with Crippen LogP contribution in [0.4, 0.5) is 0 Å². The third-order valence-corrected chi connectivity index (χ3v) is 4.89. The normalized spacial score (nSPS) is 11.7. The molecule has 5 nitrogen and oxygen atoms in total. The fourth-order valence-corrected chi connectivity index (χ4v) is 3.46. The van der Waals surface area contributed by atoms with Crippen LogP contribution in [-0.4, -0.2) is 27.4 Å². The fraction of sp³-hybridized carbons (Fsp3) is 0.500. The van der Waals surface area contributed by atoms with Gasteiger partial charge in [0.15, 0.2) is 0 Å². The van der Waals surface area contributed by atoms with Crippen molar-refractivity contribution in [2.75, 3.05) is 13.1 Å². The first kappa shape index (κ1) is 18.1. The minimum Gasteiger partial charge on any atom is -0.356 e. The van der Waals surface area contributed by atoms with Crippen molar-refractivity contribution in [3.05, 3.63) is 28.2 Å². The quantitative estimate of drug-likeness (QED) is 0.765. The number of aryl methyl sites for hydroxylation is 1. The van der Waals surface area contributed by atoms with Crippen LogP contribution in [0.2, 0.25) is 0 Å². The van der Waals surface area contributed by atoms with Gasteiger partial charge in [-0.05, 0) is 30.5 Å². The number of sulfonamides is 1. The number of benzene rings is 1. The van der Waals surface area contributed by atoms with Crippen LogP contribution in [0.3, 0.4) is 0 Å². The molecule has 0 fully saturated rings. The summed E-state index contributed by atoms with van der Waals surface area (Å²) in [5.74, 6) is 0.215. The highest BCUT2D eigenvalue weighted by Gasteiger charge is 2.17. The van der Waals surface area contributed by atoms with E-state index in [-0.39, 0.29) is 23.8 Å². The molecule has 2 N–H and O–H groups in total. The highest BCUT2D eigenvalue weighted by atomic mass is 79.9. The standard InChI is InChI=1S/C14H21BrN2O3S/c1-10(2)9-16-14(18)6-7-17-21(19,20)13-8-12(15)5-4-11(13)3/h4-5,8,10,17H,6-7,9H2,1-3H3,(H,16,18). The Morgan fingerprint density at radius 2 is 2.00 bits per heavy atom. The van der Waals surface area contributed by atoms with Crippen molar-refractivity contribution in [1.29, 1.82) is 0 Å². The van der Waals surface area contributed by atoms with E-state index >= 15 is 0 Å². The van der Waals surface area contributed by atoms with E-state index in [2.05, 4.69) is 26.0 Å². The van der Waals surface area contributed by atoms with Crippen molar-refractivity contribution >= 4 is 31.9 Å². The van der Waals surface area contributed by atoms with Gasteiger partial charge in [0.1, 0.15) is 0 Å². The summed E-state index contributed by atoms with van der Waals surface area (Å²) < 4.78 is 27.5. The van der Waals surface area contributed by atoms with Gasteiger partial charge in [0.05, 0.1) is 4.90 Å². The smallest absolute Gasteiger partial charge is 0.240 e. The molecule has 0 heterocycles. The Hall–Kier alpha value is -0.920. The maximum atomic E-state index is 12.2. The molecule has 0 saturated heterocycles. The second-order valence-electron chi connectivity index (χ2n) is 5.26. The van der Waals surface area contributed by atoms with Crippen LogP contribution in [-0.2, 0) is 14.8 Å². The van der Waals surface area contributed by atoms with Gasteiger partial charge in [-0.15, -0.1) is 0 Å². The van der Waals surface area contributed by atoms with Gasteiger partial charge in [-0.25, -0.2) is 13.1 Å². The number of hydrogen-bond acceptors (Lipinski definition) is 3. The van der Waals surface area contributed by atoms with Gasteiger partial charge in [-0.2, -0.15) is 0 Å². The molecule has 0 saturated carbocycles. The van der Waals surface area contributed by atoms with Crippen LogP contribution in [0, 0.1) is 12.8 Å². The van der Waals surface area contributed by atoms with E-state index in [0.29, 0.717) is 22.5 Å². The summed E-state index contributed by atoms with van der Waals surface area (Å²) in [6.07, 6.45) is 0.124. The van der Waals surface area contributed by atoms with E-state index in [9.17, 15) is 13.2 Å². The summed E-state index contributed by atoms with van der Waals surface area (Å²) >= 11 is 3.26. The molecule has 21 heavy (non-hydrogen) atoms. The molecule has 0 spiro atoms. The molecule has 0 aliphatic heterocycles. The molecule has 0 aliphatic carbocycles. The third-order valence-electron chi connectivity index (χ3n) is 2.79. The molecule has 0 aliphatic rings. The largest absolute Gasteiger partial charge is 0.356 e. The number of nitrogens with one attached hydrogen (secondary N) is 2. The van der Waals surface area contributed by atoms with Crippen LogP contribution < -0.4 is 10.0 Å². The van der Waals surface area contributed by atoms with Crippen LogP contribution in [0.25, 0.3) is 0 Å². The van der Waals surface area contributed by atoms with E-state index in [4.69, 9.17) is 0 Å². The van der Waals surface area contributed by atoms with Gasteiger partial charge in [0, 0.05) is 24.0 Å². The molecule has 1 aromatic carbocycles. The SMILES string of the molecule is Cc1ccc(Br)cc1S(=O)(=O)NCCC(=O)NCC(C)C. The van der Waals surface area contributed by atoms with E-state index in [1.54, 1.807) is 25.1 Å². The summed E-state index contributed by atoms with van der Waals surface area (Å²) in [5, 5.41) is 2.75. The number of carbonyl (C=O) groups is 1. The highest BCUT2D eigenvalue weighted by Crippen LogP contribution is 2.20. The van der Waals surface area contributed by atoms with Crippen molar-refractivity contribution < 1.29 is 13.2 Å². The lowest BCUT2D eigenvalue weighted by Crippen LogP contribution is -2.32. The van der Waals surface area contributed by atoms with Crippen LogP contribution in [0.1, 0.15) is 25.8 Å². The molecular weight excluding hydrogens is 356 g/mol. The van der Waals surface area contributed by atoms with Crippen LogP contribution in [0.15, 0.2) is 27.6 Å². The summed E-state index contributed by atoms with van der Waals surface area (Å²) in [4.78, 5) is 11.8. The van der Waals surface area contributed by atoms with Crippen LogP contribution in [0.5, 0.6) is 0 Å². The Bertz CT molecular complexity index is 600. The second-order valence-corrected chi connectivity index (χ2v) is 7.91. The van der Waals surface area contributed by atoms with E-state index in [1.807, 2.05) is 13.8 Å². The number of rotatable bonds is 7. The Morgan fingerprint density at radius 3 is 2.62 bits per heavy atom. The van der Waals surface area contributed by atoms with E-state index in [0.717, 1.165) is 0 Å². The Kier molecular flexibility index (Phi) is 6.83. The zero-order valence-corrected chi connectivity index (χ0v) is 14.8. The van der Waals surface area contributed by atoms with Gasteiger partial charge in [0.25, 0.3) is 0 Å². The maximum absolute atomic E-state index is 12.2. The van der Waals surface area contributed by atoms with E-state index < -0.39 is 10.0 Å². The highest BCUT2D eigenvalue weighted by molar-refractivity contribution is 9.10. The first-order valence-corrected chi connectivity index (χ1v) is 9.02. The first-order chi connectivity index (χ1) is 9.72.